The molecule has 1 unspecified atom stereocenters. The largest absolute Gasteiger partial charge is 0.507 e. The third-order valence-electron chi connectivity index (χ3n) is 6.28. The number of nitrogens with zero attached hydrogens (tertiary/aromatic N) is 2. The van der Waals surface area contributed by atoms with Gasteiger partial charge in [-0.25, -0.2) is 9.78 Å². The number of aliphatic hydroxyl groups excluding tert-OH is 1. The summed E-state index contributed by atoms with van der Waals surface area (Å²) < 4.78 is 16.3. The second kappa shape index (κ2) is 12.6. The number of aromatic nitrogens is 1. The maximum absolute atomic E-state index is 13.5. The zero-order valence-electron chi connectivity index (χ0n) is 23.0. The first-order chi connectivity index (χ1) is 19.7. The molecular formula is C31H30N2O7S. The van der Waals surface area contributed by atoms with Crippen molar-refractivity contribution in [2.45, 2.75) is 26.8 Å². The van der Waals surface area contributed by atoms with Gasteiger partial charge in [0.25, 0.3) is 5.78 Å². The lowest BCUT2D eigenvalue weighted by atomic mass is 9.94. The predicted molar refractivity (Wildman–Crippen MR) is 157 cm³/mol. The van der Waals surface area contributed by atoms with Crippen LogP contribution in [0.4, 0.5) is 5.13 Å². The summed E-state index contributed by atoms with van der Waals surface area (Å²) in [6, 6.07) is 10.8. The highest BCUT2D eigenvalue weighted by molar-refractivity contribution is 7.17. The van der Waals surface area contributed by atoms with Gasteiger partial charge in [0.05, 0.1) is 23.9 Å². The number of anilines is 1. The molecule has 0 bridgehead atoms. The summed E-state index contributed by atoms with van der Waals surface area (Å²) in [7, 11) is 0. The van der Waals surface area contributed by atoms with Crippen molar-refractivity contribution in [3.63, 3.8) is 0 Å². The molecule has 212 valence electrons. The molecule has 1 N–H and O–H groups in total. The number of rotatable bonds is 11. The van der Waals surface area contributed by atoms with E-state index in [0.717, 1.165) is 11.3 Å². The van der Waals surface area contributed by atoms with Crippen LogP contribution in [0.5, 0.6) is 11.5 Å². The molecule has 10 heteroatoms. The Labute approximate surface area is 242 Å². The molecule has 0 radical (unpaired) electrons. The maximum Gasteiger partial charge on any atom is 0.350 e. The number of thiazole rings is 1. The summed E-state index contributed by atoms with van der Waals surface area (Å²) in [5.74, 6) is -1.54. The van der Waals surface area contributed by atoms with Crippen LogP contribution in [0, 0.1) is 13.8 Å². The molecule has 9 nitrogen and oxygen atoms in total. The zero-order valence-corrected chi connectivity index (χ0v) is 23.8. The third kappa shape index (κ3) is 5.92. The summed E-state index contributed by atoms with van der Waals surface area (Å²) in [4.78, 5) is 45.5. The summed E-state index contributed by atoms with van der Waals surface area (Å²) in [5, 5.41) is 11.7. The van der Waals surface area contributed by atoms with Gasteiger partial charge in [-0.1, -0.05) is 48.8 Å². The van der Waals surface area contributed by atoms with Crippen LogP contribution < -0.4 is 14.4 Å². The molecule has 1 aliphatic rings. The Hall–Kier alpha value is -4.70. The van der Waals surface area contributed by atoms with Gasteiger partial charge in [0.1, 0.15) is 35.3 Å². The van der Waals surface area contributed by atoms with Gasteiger partial charge in [-0.05, 0) is 62.2 Å². The number of ether oxygens (including phenoxy) is 3. The molecule has 4 rings (SSSR count). The van der Waals surface area contributed by atoms with Gasteiger partial charge in [-0.3, -0.25) is 14.5 Å². The zero-order chi connectivity index (χ0) is 29.7. The van der Waals surface area contributed by atoms with E-state index in [0.29, 0.717) is 47.1 Å². The minimum absolute atomic E-state index is 0.108. The number of aryl methyl sites for hydroxylation is 2. The molecule has 0 aliphatic carbocycles. The van der Waals surface area contributed by atoms with Gasteiger partial charge < -0.3 is 19.3 Å². The van der Waals surface area contributed by atoms with Crippen LogP contribution in [0.2, 0.25) is 0 Å². The molecule has 1 aromatic heterocycles. The highest BCUT2D eigenvalue weighted by Crippen LogP contribution is 2.44. The smallest absolute Gasteiger partial charge is 0.350 e. The van der Waals surface area contributed by atoms with Crippen LogP contribution in [-0.2, 0) is 14.3 Å². The van der Waals surface area contributed by atoms with Crippen LogP contribution >= 0.6 is 11.3 Å². The molecule has 2 heterocycles. The van der Waals surface area contributed by atoms with Gasteiger partial charge >= 0.3 is 11.9 Å². The normalized spacial score (nSPS) is 16.0. The molecule has 1 saturated heterocycles. The fraction of sp³-hybridized carbons (Fsp3) is 0.226. The Morgan fingerprint density at radius 3 is 2.29 bits per heavy atom. The molecule has 1 atom stereocenters. The van der Waals surface area contributed by atoms with Crippen molar-refractivity contribution in [1.29, 1.82) is 0 Å². The molecule has 2 aromatic carbocycles. The third-order valence-corrected chi connectivity index (χ3v) is 7.42. The average molecular weight is 575 g/mol. The molecule has 41 heavy (non-hydrogen) atoms. The standard InChI is InChI=1S/C31H30N2O7S/c1-6-15-39-21-11-9-20(10-12-21)25-24(26(34)23-14-13-22(17-18(23)4)40-16-7-2)27(35)29(36)33(25)31-32-19(5)28(41-31)30(37)38-8-3/h6-7,9-14,17,25,34H,1-2,8,15-16H2,3-5H3/b26-24+. The van der Waals surface area contributed by atoms with Gasteiger partial charge in [0, 0.05) is 5.56 Å². The van der Waals surface area contributed by atoms with Crippen LogP contribution in [0.15, 0.2) is 73.3 Å². The number of carbonyl (C=O) groups is 3. The Balaban J connectivity index is 1.87. The van der Waals surface area contributed by atoms with Crippen molar-refractivity contribution in [3.8, 4) is 11.5 Å². The van der Waals surface area contributed by atoms with Gasteiger partial charge in [-0.15, -0.1) is 0 Å². The quantitative estimate of drug-likeness (QED) is 0.102. The van der Waals surface area contributed by atoms with Crippen LogP contribution in [0.3, 0.4) is 0 Å². The topological polar surface area (TPSA) is 115 Å². The number of esters is 1. The van der Waals surface area contributed by atoms with Gasteiger partial charge in [0.2, 0.25) is 0 Å². The van der Waals surface area contributed by atoms with Crippen molar-refractivity contribution < 1.29 is 33.7 Å². The van der Waals surface area contributed by atoms with E-state index in [2.05, 4.69) is 18.1 Å². The molecule has 1 amide bonds. The molecule has 1 fully saturated rings. The van der Waals surface area contributed by atoms with Crippen LogP contribution in [0.25, 0.3) is 5.76 Å². The van der Waals surface area contributed by atoms with E-state index < -0.39 is 23.7 Å². The summed E-state index contributed by atoms with van der Waals surface area (Å²) in [5.41, 5.74) is 1.79. The molecular weight excluding hydrogens is 544 g/mol. The fourth-order valence-corrected chi connectivity index (χ4v) is 5.40. The lowest BCUT2D eigenvalue weighted by Crippen LogP contribution is -2.29. The minimum atomic E-state index is -1.03. The number of ketones is 1. The molecule has 0 saturated carbocycles. The molecule has 3 aromatic rings. The lowest BCUT2D eigenvalue weighted by molar-refractivity contribution is -0.132. The Bertz CT molecular complexity index is 1540. The monoisotopic (exact) mass is 574 g/mol. The van der Waals surface area contributed by atoms with E-state index in [4.69, 9.17) is 14.2 Å². The Morgan fingerprint density at radius 2 is 1.68 bits per heavy atom. The first-order valence-corrected chi connectivity index (χ1v) is 13.7. The highest BCUT2D eigenvalue weighted by atomic mass is 32.1. The van der Waals surface area contributed by atoms with Crippen LogP contribution in [-0.4, -0.2) is 47.6 Å². The highest BCUT2D eigenvalue weighted by Gasteiger charge is 2.48. The maximum atomic E-state index is 13.5. The van der Waals surface area contributed by atoms with Crippen molar-refractivity contribution in [3.05, 3.63) is 101 Å². The number of hydrogen-bond acceptors (Lipinski definition) is 9. The number of amides is 1. The van der Waals surface area contributed by atoms with Crippen molar-refractivity contribution >= 4 is 39.9 Å². The van der Waals surface area contributed by atoms with E-state index in [1.807, 2.05) is 0 Å². The van der Waals surface area contributed by atoms with E-state index >= 15 is 0 Å². The number of Topliss-reactive ketones (excluding diaryl/α,β-unsaturated/α-hetero) is 1. The molecule has 0 spiro atoms. The number of carbonyl (C=O) groups excluding carboxylic acids is 3. The second-order valence-electron chi connectivity index (χ2n) is 9.05. The van der Waals surface area contributed by atoms with Crippen molar-refractivity contribution in [2.24, 2.45) is 0 Å². The second-order valence-corrected chi connectivity index (χ2v) is 10.0. The first-order valence-electron chi connectivity index (χ1n) is 12.9. The lowest BCUT2D eigenvalue weighted by Gasteiger charge is -2.23. The van der Waals surface area contributed by atoms with E-state index in [-0.39, 0.29) is 27.9 Å². The Morgan fingerprint density at radius 1 is 1.05 bits per heavy atom. The number of benzene rings is 2. The van der Waals surface area contributed by atoms with Gasteiger partial charge in [-0.2, -0.15) is 0 Å². The van der Waals surface area contributed by atoms with Gasteiger partial charge in [0.15, 0.2) is 5.13 Å². The molecule has 1 aliphatic heterocycles. The fourth-order valence-electron chi connectivity index (χ4n) is 4.41. The summed E-state index contributed by atoms with van der Waals surface area (Å²) in [6.07, 6.45) is 3.23. The van der Waals surface area contributed by atoms with Crippen LogP contribution in [0.1, 0.15) is 45.0 Å². The number of hydrogen-bond donors (Lipinski definition) is 1. The SMILES string of the molecule is C=CCOc1ccc(C2/C(=C(\O)c3ccc(OCC=C)cc3C)C(=O)C(=O)N2c2nc(C)c(C(=O)OCC)s2)cc1. The Kier molecular flexibility index (Phi) is 9.04. The summed E-state index contributed by atoms with van der Waals surface area (Å²) in [6.45, 7) is 13.2. The van der Waals surface area contributed by atoms with E-state index in [1.54, 1.807) is 75.4 Å². The first kappa shape index (κ1) is 29.3. The minimum Gasteiger partial charge on any atom is -0.507 e. The van der Waals surface area contributed by atoms with E-state index in [9.17, 15) is 19.5 Å². The average Bonchev–Trinajstić information content (AvgIpc) is 3.47. The number of aliphatic hydroxyl groups is 1. The summed E-state index contributed by atoms with van der Waals surface area (Å²) >= 11 is 0.948. The van der Waals surface area contributed by atoms with Crippen molar-refractivity contribution in [1.82, 2.24) is 4.98 Å². The predicted octanol–water partition coefficient (Wildman–Crippen LogP) is 5.69. The van der Waals surface area contributed by atoms with E-state index in [1.165, 1.54) is 4.90 Å². The van der Waals surface area contributed by atoms with Crippen molar-refractivity contribution in [2.75, 3.05) is 24.7 Å².